The Hall–Kier alpha value is -3.12. The molecule has 0 aliphatic heterocycles. The lowest BCUT2D eigenvalue weighted by Crippen LogP contribution is -2.13. The minimum atomic E-state index is -0.142. The monoisotopic (exact) mass is 360 g/mol. The molecule has 1 amide bonds. The highest BCUT2D eigenvalue weighted by molar-refractivity contribution is 7.98. The molecular weight excluding hydrogens is 344 g/mol. The lowest BCUT2D eigenvalue weighted by molar-refractivity contribution is 0.102. The number of benzene rings is 1. The summed E-state index contributed by atoms with van der Waals surface area (Å²) in [5.41, 5.74) is 3.22. The van der Waals surface area contributed by atoms with E-state index in [1.807, 2.05) is 65.3 Å². The van der Waals surface area contributed by atoms with E-state index < -0.39 is 0 Å². The van der Waals surface area contributed by atoms with Gasteiger partial charge >= 0.3 is 0 Å². The van der Waals surface area contributed by atoms with Crippen LogP contribution in [0.5, 0.6) is 0 Å². The van der Waals surface area contributed by atoms with Crippen LogP contribution in [-0.2, 0) is 5.75 Å². The second-order valence-corrected chi connectivity index (χ2v) is 6.70. The van der Waals surface area contributed by atoms with Crippen LogP contribution in [0.1, 0.15) is 16.1 Å². The predicted octanol–water partition coefficient (Wildman–Crippen LogP) is 4.27. The molecule has 0 fully saturated rings. The van der Waals surface area contributed by atoms with Gasteiger partial charge in [0.2, 0.25) is 0 Å². The van der Waals surface area contributed by atoms with Gasteiger partial charge in [-0.2, -0.15) is 0 Å². The van der Waals surface area contributed by atoms with E-state index in [1.165, 1.54) is 0 Å². The van der Waals surface area contributed by atoms with Crippen molar-refractivity contribution in [1.82, 2.24) is 14.4 Å². The highest BCUT2D eigenvalue weighted by Crippen LogP contribution is 2.27. The number of anilines is 1. The van der Waals surface area contributed by atoms with Gasteiger partial charge in [-0.25, -0.2) is 4.98 Å². The number of hydrogen-bond donors (Lipinski definition) is 1. The van der Waals surface area contributed by atoms with Crippen molar-refractivity contribution in [3.63, 3.8) is 0 Å². The van der Waals surface area contributed by atoms with E-state index in [-0.39, 0.29) is 5.91 Å². The van der Waals surface area contributed by atoms with Crippen molar-refractivity contribution in [1.29, 1.82) is 0 Å². The van der Waals surface area contributed by atoms with Gasteiger partial charge in [-0.3, -0.25) is 9.78 Å². The summed E-state index contributed by atoms with van der Waals surface area (Å²) in [5.74, 6) is 0.551. The first-order chi connectivity index (χ1) is 12.8. The van der Waals surface area contributed by atoms with Gasteiger partial charge in [-0.05, 0) is 36.4 Å². The summed E-state index contributed by atoms with van der Waals surface area (Å²) in [6.45, 7) is 0. The van der Waals surface area contributed by atoms with Gasteiger partial charge < -0.3 is 9.72 Å². The number of pyridine rings is 2. The molecule has 26 heavy (non-hydrogen) atoms. The topological polar surface area (TPSA) is 59.3 Å². The molecule has 0 aliphatic carbocycles. The Bertz CT molecular complexity index is 1010. The first-order valence-corrected chi connectivity index (χ1v) is 9.14. The van der Waals surface area contributed by atoms with Crippen molar-refractivity contribution >= 4 is 29.0 Å². The van der Waals surface area contributed by atoms with Crippen molar-refractivity contribution in [2.75, 3.05) is 5.32 Å². The largest absolute Gasteiger partial charge is 0.321 e. The zero-order valence-corrected chi connectivity index (χ0v) is 14.7. The maximum Gasteiger partial charge on any atom is 0.256 e. The Labute approximate surface area is 155 Å². The summed E-state index contributed by atoms with van der Waals surface area (Å²) in [5, 5.41) is 2.88. The SMILES string of the molecule is O=C(Nc1cccnc1)c1ccccc1SCc1cn2ccccc2n1. The van der Waals surface area contributed by atoms with Crippen LogP contribution in [0, 0.1) is 0 Å². The van der Waals surface area contributed by atoms with Crippen LogP contribution in [0.3, 0.4) is 0 Å². The average molecular weight is 360 g/mol. The average Bonchev–Trinajstić information content (AvgIpc) is 3.10. The predicted molar refractivity (Wildman–Crippen MR) is 103 cm³/mol. The fourth-order valence-electron chi connectivity index (χ4n) is 2.62. The molecule has 0 radical (unpaired) electrons. The number of hydrogen-bond acceptors (Lipinski definition) is 4. The highest BCUT2D eigenvalue weighted by Gasteiger charge is 2.12. The molecule has 0 atom stereocenters. The maximum absolute atomic E-state index is 12.6. The summed E-state index contributed by atoms with van der Waals surface area (Å²) < 4.78 is 2.00. The normalized spacial score (nSPS) is 10.8. The Morgan fingerprint density at radius 1 is 1.08 bits per heavy atom. The molecule has 3 aromatic heterocycles. The van der Waals surface area contributed by atoms with E-state index in [9.17, 15) is 4.79 Å². The minimum Gasteiger partial charge on any atom is -0.321 e. The van der Waals surface area contributed by atoms with Crippen molar-refractivity contribution in [2.24, 2.45) is 0 Å². The number of aromatic nitrogens is 3. The highest BCUT2D eigenvalue weighted by atomic mass is 32.2. The van der Waals surface area contributed by atoms with Crippen LogP contribution in [0.4, 0.5) is 5.69 Å². The van der Waals surface area contributed by atoms with Crippen LogP contribution in [0.2, 0.25) is 0 Å². The van der Waals surface area contributed by atoms with E-state index >= 15 is 0 Å². The number of nitrogens with one attached hydrogen (secondary N) is 1. The van der Waals surface area contributed by atoms with Gasteiger partial charge in [0.25, 0.3) is 5.91 Å². The number of fused-ring (bicyclic) bond motifs is 1. The number of thioether (sulfide) groups is 1. The summed E-state index contributed by atoms with van der Waals surface area (Å²) in [6, 6.07) is 17.1. The maximum atomic E-state index is 12.6. The number of carbonyl (C=O) groups excluding carboxylic acids is 1. The van der Waals surface area contributed by atoms with E-state index in [0.29, 0.717) is 17.0 Å². The molecule has 128 valence electrons. The third-order valence-electron chi connectivity index (χ3n) is 3.84. The standard InChI is InChI=1S/C20H16N4OS/c25-20(23-15-6-5-10-21-12-15)17-7-1-2-8-18(17)26-14-16-13-24-11-4-3-9-19(24)22-16/h1-13H,14H2,(H,23,25). The summed E-state index contributed by atoms with van der Waals surface area (Å²) in [4.78, 5) is 22.2. The van der Waals surface area contributed by atoms with E-state index in [2.05, 4.69) is 15.3 Å². The van der Waals surface area contributed by atoms with Crippen LogP contribution < -0.4 is 5.32 Å². The fraction of sp³-hybridized carbons (Fsp3) is 0.0500. The van der Waals surface area contributed by atoms with E-state index in [4.69, 9.17) is 0 Å². The first kappa shape index (κ1) is 16.4. The molecule has 5 nitrogen and oxygen atoms in total. The van der Waals surface area contributed by atoms with Crippen molar-refractivity contribution in [3.05, 3.63) is 90.6 Å². The zero-order valence-electron chi connectivity index (χ0n) is 13.9. The van der Waals surface area contributed by atoms with Gasteiger partial charge in [0.05, 0.1) is 23.1 Å². The fourth-order valence-corrected chi connectivity index (χ4v) is 3.56. The third kappa shape index (κ3) is 3.60. The van der Waals surface area contributed by atoms with Crippen molar-refractivity contribution in [3.8, 4) is 0 Å². The summed E-state index contributed by atoms with van der Waals surface area (Å²) in [7, 11) is 0. The molecule has 0 bridgehead atoms. The number of imidazole rings is 1. The van der Waals surface area contributed by atoms with Crippen LogP contribution in [0.25, 0.3) is 5.65 Å². The molecule has 4 aromatic rings. The minimum absolute atomic E-state index is 0.142. The molecule has 1 N–H and O–H groups in total. The molecule has 0 saturated carbocycles. The second-order valence-electron chi connectivity index (χ2n) is 5.68. The van der Waals surface area contributed by atoms with E-state index in [1.54, 1.807) is 30.2 Å². The Morgan fingerprint density at radius 2 is 1.96 bits per heavy atom. The van der Waals surface area contributed by atoms with Crippen molar-refractivity contribution in [2.45, 2.75) is 10.6 Å². The molecule has 0 spiro atoms. The van der Waals surface area contributed by atoms with Gasteiger partial charge in [0.1, 0.15) is 5.65 Å². The van der Waals surface area contributed by atoms with Crippen LogP contribution >= 0.6 is 11.8 Å². The lowest BCUT2D eigenvalue weighted by atomic mass is 10.2. The molecule has 1 aromatic carbocycles. The van der Waals surface area contributed by atoms with Gasteiger partial charge in [0.15, 0.2) is 0 Å². The number of nitrogens with zero attached hydrogens (tertiary/aromatic N) is 3. The summed E-state index contributed by atoms with van der Waals surface area (Å²) in [6.07, 6.45) is 7.30. The van der Waals surface area contributed by atoms with Gasteiger partial charge in [-0.15, -0.1) is 11.8 Å². The number of rotatable bonds is 5. The molecule has 6 heteroatoms. The van der Waals surface area contributed by atoms with Crippen LogP contribution in [-0.4, -0.2) is 20.3 Å². The van der Waals surface area contributed by atoms with Gasteiger partial charge in [0, 0.05) is 29.2 Å². The summed E-state index contributed by atoms with van der Waals surface area (Å²) >= 11 is 1.60. The smallest absolute Gasteiger partial charge is 0.256 e. The molecule has 4 rings (SSSR count). The molecule has 0 aliphatic rings. The Morgan fingerprint density at radius 3 is 2.81 bits per heavy atom. The lowest BCUT2D eigenvalue weighted by Gasteiger charge is -2.09. The second kappa shape index (κ2) is 7.41. The zero-order chi connectivity index (χ0) is 17.8. The molecule has 0 saturated heterocycles. The molecular formula is C20H16N4OS. The number of amides is 1. The number of carbonyl (C=O) groups is 1. The Balaban J connectivity index is 1.51. The van der Waals surface area contributed by atoms with Crippen LogP contribution in [0.15, 0.2) is 84.3 Å². The molecule has 0 unspecified atom stereocenters. The quantitative estimate of drug-likeness (QED) is 0.540. The molecule has 3 heterocycles. The van der Waals surface area contributed by atoms with Gasteiger partial charge in [-0.1, -0.05) is 18.2 Å². The third-order valence-corrected chi connectivity index (χ3v) is 4.95. The Kier molecular flexibility index (Phi) is 4.66. The first-order valence-electron chi connectivity index (χ1n) is 8.15. The van der Waals surface area contributed by atoms with Crippen molar-refractivity contribution < 1.29 is 4.79 Å². The van der Waals surface area contributed by atoms with E-state index in [0.717, 1.165) is 16.2 Å².